The van der Waals surface area contributed by atoms with Gasteiger partial charge in [0.25, 0.3) is 0 Å². The van der Waals surface area contributed by atoms with E-state index < -0.39 is 0 Å². The first-order chi connectivity index (χ1) is 15.5. The number of piperidine rings is 1. The number of nitrogens with one attached hydrogen (secondary N) is 2. The van der Waals surface area contributed by atoms with Gasteiger partial charge in [0.15, 0.2) is 11.5 Å². The number of rotatable bonds is 3. The monoisotopic (exact) mass is 437 g/mol. The van der Waals surface area contributed by atoms with Crippen molar-refractivity contribution >= 4 is 34.1 Å². The van der Waals surface area contributed by atoms with Crippen molar-refractivity contribution in [1.29, 1.82) is 0 Å². The average Bonchev–Trinajstić information content (AvgIpc) is 3.02. The third-order valence-corrected chi connectivity index (χ3v) is 6.13. The van der Waals surface area contributed by atoms with E-state index in [1.54, 1.807) is 41.4 Å². The molecule has 0 spiro atoms. The number of aryl methyl sites for hydroxylation is 2. The summed E-state index contributed by atoms with van der Waals surface area (Å²) in [4.78, 5) is 27.6. The first kappa shape index (κ1) is 20.3. The van der Waals surface area contributed by atoms with Crippen LogP contribution in [-0.2, 0) is 14.1 Å². The first-order valence-corrected chi connectivity index (χ1v) is 10.9. The molecular formula is C23H27N5O4. The number of amides is 2. The second-order valence-corrected chi connectivity index (χ2v) is 8.24. The number of aromatic nitrogens is 2. The Kier molecular flexibility index (Phi) is 5.16. The highest BCUT2D eigenvalue weighted by Gasteiger charge is 2.20. The molecular weight excluding hydrogens is 410 g/mol. The van der Waals surface area contributed by atoms with Crippen LogP contribution in [0.5, 0.6) is 11.5 Å². The molecule has 0 aliphatic carbocycles. The zero-order valence-corrected chi connectivity index (χ0v) is 18.3. The highest BCUT2D eigenvalue weighted by Crippen LogP contribution is 2.34. The van der Waals surface area contributed by atoms with E-state index in [4.69, 9.17) is 9.47 Å². The molecule has 2 amide bonds. The van der Waals surface area contributed by atoms with Gasteiger partial charge in [0.05, 0.1) is 22.4 Å². The molecule has 0 atom stereocenters. The molecule has 2 aliphatic heterocycles. The molecule has 0 radical (unpaired) electrons. The fourth-order valence-corrected chi connectivity index (χ4v) is 4.44. The van der Waals surface area contributed by atoms with Crippen LogP contribution in [0.3, 0.4) is 0 Å². The molecule has 5 rings (SSSR count). The van der Waals surface area contributed by atoms with Gasteiger partial charge in [-0.2, -0.15) is 0 Å². The standard InChI is InChI=1S/C23H27N5O4/c1-26-18-13-16(17(28-8-4-3-5-9-28)14-19(18)27(2)23(26)30)25-22(29)24-15-6-7-20-21(12-15)32-11-10-31-20/h6-7,12-14H,3-5,8-11H2,1-2H3,(H2,24,25,29). The molecule has 2 N–H and O–H groups in total. The Labute approximate surface area is 185 Å². The Hall–Kier alpha value is -3.62. The van der Waals surface area contributed by atoms with Crippen molar-refractivity contribution in [3.8, 4) is 11.5 Å². The number of hydrogen-bond donors (Lipinski definition) is 2. The van der Waals surface area contributed by atoms with Crippen molar-refractivity contribution in [1.82, 2.24) is 9.13 Å². The number of nitrogens with zero attached hydrogens (tertiary/aromatic N) is 3. The summed E-state index contributed by atoms with van der Waals surface area (Å²) >= 11 is 0. The number of imidazole rings is 1. The Morgan fingerprint density at radius 1 is 0.875 bits per heavy atom. The number of ether oxygens (including phenoxy) is 2. The minimum Gasteiger partial charge on any atom is -0.486 e. The highest BCUT2D eigenvalue weighted by atomic mass is 16.6. The maximum absolute atomic E-state index is 12.9. The maximum atomic E-state index is 12.9. The van der Waals surface area contributed by atoms with Crippen molar-refractivity contribution in [2.24, 2.45) is 14.1 Å². The predicted molar refractivity (Wildman–Crippen MR) is 124 cm³/mol. The molecule has 1 fully saturated rings. The van der Waals surface area contributed by atoms with Crippen molar-refractivity contribution in [2.75, 3.05) is 41.8 Å². The van der Waals surface area contributed by atoms with E-state index in [1.807, 2.05) is 12.1 Å². The van der Waals surface area contributed by atoms with Crippen LogP contribution < -0.4 is 30.7 Å². The average molecular weight is 438 g/mol. The Morgan fingerprint density at radius 3 is 2.31 bits per heavy atom. The highest BCUT2D eigenvalue weighted by molar-refractivity contribution is 6.04. The molecule has 2 aromatic carbocycles. The largest absolute Gasteiger partial charge is 0.486 e. The van der Waals surface area contributed by atoms with Crippen molar-refractivity contribution in [3.05, 3.63) is 40.8 Å². The van der Waals surface area contributed by atoms with Gasteiger partial charge < -0.3 is 25.0 Å². The van der Waals surface area contributed by atoms with E-state index in [9.17, 15) is 9.59 Å². The summed E-state index contributed by atoms with van der Waals surface area (Å²) in [6.45, 7) is 2.84. The topological polar surface area (TPSA) is 89.8 Å². The van der Waals surface area contributed by atoms with Gasteiger partial charge in [0.2, 0.25) is 0 Å². The molecule has 2 aliphatic rings. The lowest BCUT2D eigenvalue weighted by molar-refractivity contribution is 0.171. The second-order valence-electron chi connectivity index (χ2n) is 8.24. The molecule has 9 nitrogen and oxygen atoms in total. The van der Waals surface area contributed by atoms with Crippen LogP contribution in [0.15, 0.2) is 35.1 Å². The number of fused-ring (bicyclic) bond motifs is 2. The lowest BCUT2D eigenvalue weighted by Gasteiger charge is -2.30. The lowest BCUT2D eigenvalue weighted by Crippen LogP contribution is -2.31. The van der Waals surface area contributed by atoms with Gasteiger partial charge in [-0.15, -0.1) is 0 Å². The van der Waals surface area contributed by atoms with Crippen molar-refractivity contribution < 1.29 is 14.3 Å². The fraction of sp³-hybridized carbons (Fsp3) is 0.391. The summed E-state index contributed by atoms with van der Waals surface area (Å²) in [6, 6.07) is 8.84. The molecule has 3 aromatic rings. The molecule has 1 saturated heterocycles. The van der Waals surface area contributed by atoms with Crippen LogP contribution in [0.25, 0.3) is 11.0 Å². The third-order valence-electron chi connectivity index (χ3n) is 6.13. The molecule has 32 heavy (non-hydrogen) atoms. The van der Waals surface area contributed by atoms with Gasteiger partial charge in [-0.3, -0.25) is 9.13 Å². The van der Waals surface area contributed by atoms with E-state index in [0.29, 0.717) is 36.1 Å². The zero-order chi connectivity index (χ0) is 22.2. The number of anilines is 3. The quantitative estimate of drug-likeness (QED) is 0.656. The van der Waals surface area contributed by atoms with Gasteiger partial charge in [0.1, 0.15) is 13.2 Å². The number of carbonyl (C=O) groups excluding carboxylic acids is 1. The molecule has 3 heterocycles. The number of carbonyl (C=O) groups is 1. The Balaban J connectivity index is 1.46. The third kappa shape index (κ3) is 3.63. The summed E-state index contributed by atoms with van der Waals surface area (Å²) in [6.07, 6.45) is 3.42. The van der Waals surface area contributed by atoms with E-state index in [-0.39, 0.29) is 11.7 Å². The van der Waals surface area contributed by atoms with E-state index >= 15 is 0 Å². The van der Waals surface area contributed by atoms with Crippen molar-refractivity contribution in [3.63, 3.8) is 0 Å². The van der Waals surface area contributed by atoms with Gasteiger partial charge >= 0.3 is 11.7 Å². The second kappa shape index (κ2) is 8.14. The van der Waals surface area contributed by atoms with Crippen LogP contribution in [0.2, 0.25) is 0 Å². The maximum Gasteiger partial charge on any atom is 0.328 e. The summed E-state index contributed by atoms with van der Waals surface area (Å²) < 4.78 is 14.4. The molecule has 0 bridgehead atoms. The first-order valence-electron chi connectivity index (χ1n) is 10.9. The summed E-state index contributed by atoms with van der Waals surface area (Å²) in [7, 11) is 3.51. The van der Waals surface area contributed by atoms with Gasteiger partial charge in [-0.25, -0.2) is 9.59 Å². The van der Waals surface area contributed by atoms with E-state index in [2.05, 4.69) is 15.5 Å². The smallest absolute Gasteiger partial charge is 0.328 e. The molecule has 0 unspecified atom stereocenters. The van der Waals surface area contributed by atoms with Crippen LogP contribution >= 0.6 is 0 Å². The number of urea groups is 1. The molecule has 9 heteroatoms. The summed E-state index contributed by atoms with van der Waals surface area (Å²) in [5.74, 6) is 1.29. The summed E-state index contributed by atoms with van der Waals surface area (Å²) in [5.41, 5.74) is 3.73. The molecule has 1 aromatic heterocycles. The molecule has 0 saturated carbocycles. The minimum atomic E-state index is -0.361. The van der Waals surface area contributed by atoms with Crippen LogP contribution in [-0.4, -0.2) is 41.5 Å². The van der Waals surface area contributed by atoms with Gasteiger partial charge in [-0.05, 0) is 43.5 Å². The number of benzene rings is 2. The van der Waals surface area contributed by atoms with E-state index in [1.165, 1.54) is 6.42 Å². The summed E-state index contributed by atoms with van der Waals surface area (Å²) in [5, 5.41) is 5.87. The van der Waals surface area contributed by atoms with Crippen LogP contribution in [0.1, 0.15) is 19.3 Å². The van der Waals surface area contributed by atoms with Gasteiger partial charge in [0, 0.05) is 38.9 Å². The SMILES string of the molecule is Cn1c(=O)n(C)c2cc(N3CCCCC3)c(NC(=O)Nc3ccc4c(c3)OCCO4)cc21. The number of hydrogen-bond acceptors (Lipinski definition) is 5. The Morgan fingerprint density at radius 2 is 1.56 bits per heavy atom. The normalized spacial score (nSPS) is 15.6. The zero-order valence-electron chi connectivity index (χ0n) is 18.3. The van der Waals surface area contributed by atoms with Crippen molar-refractivity contribution in [2.45, 2.75) is 19.3 Å². The minimum absolute atomic E-state index is 0.0949. The lowest BCUT2D eigenvalue weighted by atomic mass is 10.1. The van der Waals surface area contributed by atoms with Gasteiger partial charge in [-0.1, -0.05) is 0 Å². The van der Waals surface area contributed by atoms with Crippen LogP contribution in [0.4, 0.5) is 21.9 Å². The van der Waals surface area contributed by atoms with Crippen LogP contribution in [0, 0.1) is 0 Å². The predicted octanol–water partition coefficient (Wildman–Crippen LogP) is 3.28. The van der Waals surface area contributed by atoms with E-state index in [0.717, 1.165) is 42.7 Å². The Bertz CT molecular complexity index is 1240. The molecule has 168 valence electrons. The fourth-order valence-electron chi connectivity index (χ4n) is 4.44.